The molecule has 0 aliphatic heterocycles. The maximum absolute atomic E-state index is 12.2. The van der Waals surface area contributed by atoms with Crippen LogP contribution in [0.15, 0.2) is 24.3 Å². The summed E-state index contributed by atoms with van der Waals surface area (Å²) in [5.41, 5.74) is 0. The summed E-state index contributed by atoms with van der Waals surface area (Å²) in [7, 11) is 1.88. The Kier molecular flexibility index (Phi) is 3.10. The minimum Gasteiger partial charge on any atom is -0.456 e. The molecule has 4 heteroatoms. The average molecular weight is 193 g/mol. The van der Waals surface area contributed by atoms with Crippen LogP contribution in [-0.4, -0.2) is 6.10 Å². The van der Waals surface area contributed by atoms with E-state index in [1.165, 1.54) is 0 Å². The normalized spacial score (nSPS) is 12.6. The molecule has 0 aliphatic rings. The van der Waals surface area contributed by atoms with E-state index in [-0.39, 0.29) is 0 Å². The summed E-state index contributed by atoms with van der Waals surface area (Å²) in [6, 6.07) is 6.74. The highest BCUT2D eigenvalue weighted by atomic mass is 35.5. The van der Waals surface area contributed by atoms with Crippen molar-refractivity contribution in [3.63, 3.8) is 0 Å². The lowest BCUT2D eigenvalue weighted by molar-refractivity contribution is 0.153. The van der Waals surface area contributed by atoms with Crippen LogP contribution in [0.1, 0.15) is 0 Å². The minimum atomic E-state index is -1.41. The van der Waals surface area contributed by atoms with Gasteiger partial charge in [0.05, 0.1) is 5.02 Å². The van der Waals surface area contributed by atoms with E-state index in [2.05, 4.69) is 0 Å². The van der Waals surface area contributed by atoms with Gasteiger partial charge in [0.2, 0.25) is 6.10 Å². The third kappa shape index (κ3) is 2.64. The van der Waals surface area contributed by atoms with E-state index in [0.717, 1.165) is 0 Å². The summed E-state index contributed by atoms with van der Waals surface area (Å²) in [6.45, 7) is 0. The lowest BCUT2D eigenvalue weighted by Crippen LogP contribution is -1.99. The van der Waals surface area contributed by atoms with Crippen LogP contribution in [0.2, 0.25) is 5.02 Å². The van der Waals surface area contributed by atoms with E-state index in [9.17, 15) is 4.39 Å². The number of halogens is 2. The predicted octanol–water partition coefficient (Wildman–Crippen LogP) is 2.85. The zero-order valence-electron chi connectivity index (χ0n) is 5.63. The summed E-state index contributed by atoms with van der Waals surface area (Å²) < 4.78 is 17.0. The van der Waals surface area contributed by atoms with Crippen molar-refractivity contribution in [3.8, 4) is 5.75 Å². The predicted molar refractivity (Wildman–Crippen MR) is 46.7 cm³/mol. The lowest BCUT2D eigenvalue weighted by Gasteiger charge is -2.07. The number of para-hydroxylation sites is 1. The summed E-state index contributed by atoms with van der Waals surface area (Å²) in [5, 5.41) is 0.414. The maximum atomic E-state index is 12.2. The number of hydrogen-bond donors (Lipinski definition) is 0. The number of ether oxygens (including phenoxy) is 1. The Labute approximate surface area is 71.7 Å². The van der Waals surface area contributed by atoms with Gasteiger partial charge in [-0.15, -0.1) is 0 Å². The molecule has 60 valence electrons. The molecule has 0 fully saturated rings. The van der Waals surface area contributed by atoms with Gasteiger partial charge in [-0.25, -0.2) is 0 Å². The van der Waals surface area contributed by atoms with Crippen molar-refractivity contribution in [2.45, 2.75) is 6.10 Å². The molecule has 0 aliphatic carbocycles. The van der Waals surface area contributed by atoms with E-state index in [1.54, 1.807) is 24.3 Å². The van der Waals surface area contributed by atoms with Crippen molar-refractivity contribution >= 4 is 20.8 Å². The molecule has 2 unspecified atom stereocenters. The lowest BCUT2D eigenvalue weighted by atomic mass is 10.3. The highest BCUT2D eigenvalue weighted by Crippen LogP contribution is 2.25. The summed E-state index contributed by atoms with van der Waals surface area (Å²) >= 11 is 5.67. The molecule has 1 aromatic rings. The smallest absolute Gasteiger partial charge is 0.249 e. The molecule has 0 radical (unpaired) electrons. The van der Waals surface area contributed by atoms with Gasteiger partial charge >= 0.3 is 0 Å². The Morgan fingerprint density at radius 3 is 2.64 bits per heavy atom. The van der Waals surface area contributed by atoms with Crippen molar-refractivity contribution in [2.24, 2.45) is 0 Å². The summed E-state index contributed by atoms with van der Waals surface area (Å²) in [4.78, 5) is 0. The highest BCUT2D eigenvalue weighted by Gasteiger charge is 2.02. The topological polar surface area (TPSA) is 9.23 Å². The average Bonchev–Trinajstić information content (AvgIpc) is 1.93. The molecule has 11 heavy (non-hydrogen) atoms. The van der Waals surface area contributed by atoms with Crippen molar-refractivity contribution in [1.82, 2.24) is 0 Å². The van der Waals surface area contributed by atoms with Crippen LogP contribution in [0, 0.1) is 0 Å². The van der Waals surface area contributed by atoms with Crippen LogP contribution in [0.5, 0.6) is 5.75 Å². The first-order chi connectivity index (χ1) is 5.20. The summed E-state index contributed by atoms with van der Waals surface area (Å²) in [5.74, 6) is 0.358. The number of alkyl halides is 1. The largest absolute Gasteiger partial charge is 0.456 e. The van der Waals surface area contributed by atoms with Gasteiger partial charge in [-0.1, -0.05) is 33.0 Å². The number of hydrogen-bond acceptors (Lipinski definition) is 1. The second-order valence-corrected chi connectivity index (χ2v) is 2.83. The minimum absolute atomic E-state index is 0.358. The molecule has 1 nitrogen and oxygen atoms in total. The van der Waals surface area contributed by atoms with Gasteiger partial charge in [-0.05, 0) is 12.1 Å². The van der Waals surface area contributed by atoms with Gasteiger partial charge in [-0.3, -0.25) is 0 Å². The Bertz CT molecular complexity index is 242. The molecule has 0 saturated carbocycles. The molecule has 0 N–H and O–H groups in total. The van der Waals surface area contributed by atoms with Crippen LogP contribution in [0.4, 0.5) is 4.39 Å². The SMILES string of the molecule is FC(P)Oc1ccccc1Cl. The fourth-order valence-electron chi connectivity index (χ4n) is 0.662. The Morgan fingerprint density at radius 2 is 2.09 bits per heavy atom. The molecule has 0 bridgehead atoms. The van der Waals surface area contributed by atoms with Crippen LogP contribution in [-0.2, 0) is 0 Å². The van der Waals surface area contributed by atoms with Crippen molar-refractivity contribution in [3.05, 3.63) is 29.3 Å². The van der Waals surface area contributed by atoms with E-state index < -0.39 is 6.10 Å². The van der Waals surface area contributed by atoms with Crippen LogP contribution in [0.25, 0.3) is 0 Å². The van der Waals surface area contributed by atoms with Crippen LogP contribution < -0.4 is 4.74 Å². The molecular weight excluding hydrogens is 186 g/mol. The first-order valence-corrected chi connectivity index (χ1v) is 4.05. The molecule has 0 amide bonds. The van der Waals surface area contributed by atoms with E-state index >= 15 is 0 Å². The monoisotopic (exact) mass is 192 g/mol. The fourth-order valence-corrected chi connectivity index (χ4v) is 0.988. The van der Waals surface area contributed by atoms with E-state index in [0.29, 0.717) is 10.8 Å². The zero-order chi connectivity index (χ0) is 8.27. The molecule has 0 saturated heterocycles. The van der Waals surface area contributed by atoms with Gasteiger partial charge in [0.25, 0.3) is 0 Å². The molecule has 1 aromatic carbocycles. The number of benzene rings is 1. The van der Waals surface area contributed by atoms with Crippen molar-refractivity contribution in [2.75, 3.05) is 0 Å². The fraction of sp³-hybridized carbons (Fsp3) is 0.143. The van der Waals surface area contributed by atoms with Gasteiger partial charge < -0.3 is 4.74 Å². The first-order valence-electron chi connectivity index (χ1n) is 3.01. The Hall–Kier alpha value is -0.330. The van der Waals surface area contributed by atoms with E-state index in [1.807, 2.05) is 9.24 Å². The first kappa shape index (κ1) is 8.76. The molecule has 0 aromatic heterocycles. The van der Waals surface area contributed by atoms with Gasteiger partial charge in [0.15, 0.2) is 0 Å². The second kappa shape index (κ2) is 3.89. The van der Waals surface area contributed by atoms with Crippen LogP contribution >= 0.6 is 20.8 Å². The van der Waals surface area contributed by atoms with Crippen molar-refractivity contribution < 1.29 is 9.13 Å². The van der Waals surface area contributed by atoms with Crippen LogP contribution in [0.3, 0.4) is 0 Å². The van der Waals surface area contributed by atoms with Gasteiger partial charge in [0.1, 0.15) is 5.75 Å². The third-order valence-electron chi connectivity index (χ3n) is 1.08. The zero-order valence-corrected chi connectivity index (χ0v) is 7.54. The van der Waals surface area contributed by atoms with Gasteiger partial charge in [-0.2, -0.15) is 4.39 Å². The second-order valence-electron chi connectivity index (χ2n) is 1.90. The maximum Gasteiger partial charge on any atom is 0.249 e. The van der Waals surface area contributed by atoms with E-state index in [4.69, 9.17) is 16.3 Å². The van der Waals surface area contributed by atoms with Crippen molar-refractivity contribution in [1.29, 1.82) is 0 Å². The van der Waals surface area contributed by atoms with Gasteiger partial charge in [0, 0.05) is 0 Å². The molecule has 1 rings (SSSR count). The quantitative estimate of drug-likeness (QED) is 0.655. The molecular formula is C7H7ClFOP. The molecule has 2 atom stereocenters. The third-order valence-corrected chi connectivity index (χ3v) is 1.52. The standard InChI is InChI=1S/C7H7ClFOP/c8-5-3-1-2-4-6(5)10-7(9)11/h1-4,7H,11H2. The Balaban J connectivity index is 2.78. The highest BCUT2D eigenvalue weighted by molar-refractivity contribution is 7.16. The Morgan fingerprint density at radius 1 is 1.45 bits per heavy atom. The summed E-state index contributed by atoms with van der Waals surface area (Å²) in [6.07, 6.45) is -1.41. The molecule has 0 heterocycles. The number of rotatable bonds is 2. The molecule has 0 spiro atoms.